The van der Waals surface area contributed by atoms with Crippen molar-refractivity contribution in [3.8, 4) is 0 Å². The highest BCUT2D eigenvalue weighted by Gasteiger charge is 2.55. The van der Waals surface area contributed by atoms with E-state index in [0.717, 1.165) is 44.2 Å². The third-order valence-corrected chi connectivity index (χ3v) is 6.76. The molecule has 1 aliphatic carbocycles. The minimum absolute atomic E-state index is 0.0577. The molecule has 28 heavy (non-hydrogen) atoms. The van der Waals surface area contributed by atoms with Crippen molar-refractivity contribution in [1.29, 1.82) is 0 Å². The van der Waals surface area contributed by atoms with Crippen LogP contribution in [0.5, 0.6) is 0 Å². The molecule has 2 aromatic rings. The Morgan fingerprint density at radius 2 is 2.18 bits per heavy atom. The van der Waals surface area contributed by atoms with Gasteiger partial charge in [-0.1, -0.05) is 0 Å². The van der Waals surface area contributed by atoms with Gasteiger partial charge >= 0.3 is 0 Å². The fraction of sp³-hybridized carbons (Fsp3) is 0.571. The molecule has 2 aromatic heterocycles. The highest BCUT2D eigenvalue weighted by molar-refractivity contribution is 5.95. The van der Waals surface area contributed by atoms with Gasteiger partial charge in [-0.05, 0) is 49.1 Å². The molecule has 2 atom stereocenters. The van der Waals surface area contributed by atoms with E-state index in [9.17, 15) is 9.59 Å². The third kappa shape index (κ3) is 3.17. The van der Waals surface area contributed by atoms with Gasteiger partial charge in [-0.15, -0.1) is 0 Å². The Kier molecular flexibility index (Phi) is 4.34. The molecule has 1 saturated carbocycles. The number of ether oxygens (including phenoxy) is 1. The number of hydrogen-bond acceptors (Lipinski definition) is 5. The van der Waals surface area contributed by atoms with E-state index in [4.69, 9.17) is 9.15 Å². The summed E-state index contributed by atoms with van der Waals surface area (Å²) in [5, 5.41) is 3.90. The molecule has 2 aliphatic heterocycles. The number of rotatable bonds is 4. The molecule has 3 aliphatic rings. The van der Waals surface area contributed by atoms with Gasteiger partial charge in [-0.2, -0.15) is 0 Å². The number of aromatic nitrogens is 1. The molecule has 148 valence electrons. The quantitative estimate of drug-likeness (QED) is 0.875. The van der Waals surface area contributed by atoms with E-state index in [-0.39, 0.29) is 17.7 Å². The molecule has 1 spiro atoms. The molecule has 0 radical (unpaired) electrons. The maximum atomic E-state index is 12.5. The Morgan fingerprint density at radius 1 is 1.32 bits per heavy atom. The van der Waals surface area contributed by atoms with Crippen molar-refractivity contribution in [3.05, 3.63) is 30.3 Å². The number of likely N-dealkylation sites (tertiary alicyclic amines) is 1. The first-order valence-corrected chi connectivity index (χ1v) is 10.1. The Hall–Kier alpha value is -2.41. The largest absolute Gasteiger partial charge is 0.449 e. The molecule has 5 rings (SSSR count). The van der Waals surface area contributed by atoms with Crippen LogP contribution in [0.4, 0.5) is 0 Å². The average molecular weight is 383 g/mol. The van der Waals surface area contributed by atoms with Crippen LogP contribution in [-0.4, -0.2) is 54.5 Å². The van der Waals surface area contributed by atoms with E-state index in [0.29, 0.717) is 42.4 Å². The molecule has 2 saturated heterocycles. The van der Waals surface area contributed by atoms with Gasteiger partial charge in [-0.3, -0.25) is 14.6 Å². The first kappa shape index (κ1) is 17.7. The van der Waals surface area contributed by atoms with Gasteiger partial charge in [0.05, 0.1) is 18.7 Å². The summed E-state index contributed by atoms with van der Waals surface area (Å²) in [6.45, 7) is 3.61. The zero-order chi connectivity index (χ0) is 19.1. The van der Waals surface area contributed by atoms with Crippen LogP contribution >= 0.6 is 0 Å². The maximum absolute atomic E-state index is 12.5. The molecule has 1 N–H and O–H groups in total. The standard InChI is InChI=1S/C21H25N3O4/c25-19(17-9-14-1-5-22-12-18(14)28-17)23-11-16-10-21(16)3-6-24(7-4-21)20(26)15-2-8-27-13-15/h1,5,9,12,15-16H,2-4,6-8,10-11,13H2,(H,23,25). The van der Waals surface area contributed by atoms with Gasteiger partial charge in [-0.25, -0.2) is 0 Å². The van der Waals surface area contributed by atoms with Crippen molar-refractivity contribution in [1.82, 2.24) is 15.2 Å². The lowest BCUT2D eigenvalue weighted by molar-refractivity contribution is -0.137. The van der Waals surface area contributed by atoms with Crippen LogP contribution in [0.1, 0.15) is 36.2 Å². The van der Waals surface area contributed by atoms with E-state index in [1.165, 1.54) is 0 Å². The minimum Gasteiger partial charge on any atom is -0.449 e. The molecule has 0 aromatic carbocycles. The molecule has 2 unspecified atom stereocenters. The van der Waals surface area contributed by atoms with E-state index < -0.39 is 0 Å². The first-order chi connectivity index (χ1) is 13.6. The fourth-order valence-electron chi connectivity index (χ4n) is 4.79. The molecular weight excluding hydrogens is 358 g/mol. The lowest BCUT2D eigenvalue weighted by atomic mass is 9.90. The van der Waals surface area contributed by atoms with Crippen LogP contribution in [0.25, 0.3) is 11.0 Å². The van der Waals surface area contributed by atoms with Crippen LogP contribution < -0.4 is 5.32 Å². The zero-order valence-corrected chi connectivity index (χ0v) is 15.9. The van der Waals surface area contributed by atoms with Gasteiger partial charge < -0.3 is 19.4 Å². The molecule has 7 heteroatoms. The number of amides is 2. The molecule has 3 fully saturated rings. The Balaban J connectivity index is 1.12. The highest BCUT2D eigenvalue weighted by Crippen LogP contribution is 2.59. The van der Waals surface area contributed by atoms with Crippen LogP contribution in [-0.2, 0) is 9.53 Å². The second-order valence-corrected chi connectivity index (χ2v) is 8.38. The number of hydrogen-bond donors (Lipinski definition) is 1. The third-order valence-electron chi connectivity index (χ3n) is 6.76. The molecule has 7 nitrogen and oxygen atoms in total. The second-order valence-electron chi connectivity index (χ2n) is 8.38. The summed E-state index contributed by atoms with van der Waals surface area (Å²) >= 11 is 0. The monoisotopic (exact) mass is 383 g/mol. The van der Waals surface area contributed by atoms with Crippen molar-refractivity contribution in [2.75, 3.05) is 32.8 Å². The van der Waals surface area contributed by atoms with Gasteiger partial charge in [0.25, 0.3) is 5.91 Å². The van der Waals surface area contributed by atoms with Crippen molar-refractivity contribution in [2.24, 2.45) is 17.3 Å². The number of piperidine rings is 1. The summed E-state index contributed by atoms with van der Waals surface area (Å²) < 4.78 is 10.9. The van der Waals surface area contributed by atoms with Gasteiger partial charge in [0.1, 0.15) is 0 Å². The lowest BCUT2D eigenvalue weighted by Crippen LogP contribution is -2.43. The van der Waals surface area contributed by atoms with Gasteiger partial charge in [0.2, 0.25) is 5.91 Å². The molecule has 0 bridgehead atoms. The predicted molar refractivity (Wildman–Crippen MR) is 102 cm³/mol. The lowest BCUT2D eigenvalue weighted by Gasteiger charge is -2.34. The Labute approximate surface area is 163 Å². The number of furan rings is 1. The topological polar surface area (TPSA) is 84.7 Å². The molecular formula is C21H25N3O4. The van der Waals surface area contributed by atoms with E-state index in [2.05, 4.69) is 10.3 Å². The number of carbonyl (C=O) groups is 2. The van der Waals surface area contributed by atoms with Crippen molar-refractivity contribution in [3.63, 3.8) is 0 Å². The van der Waals surface area contributed by atoms with E-state index in [1.54, 1.807) is 18.5 Å². The number of nitrogens with one attached hydrogen (secondary N) is 1. The number of nitrogens with zero attached hydrogens (tertiary/aromatic N) is 2. The number of pyridine rings is 1. The Bertz CT molecular complexity index is 861. The summed E-state index contributed by atoms with van der Waals surface area (Å²) in [4.78, 5) is 31.0. The second kappa shape index (κ2) is 6.88. The minimum atomic E-state index is -0.174. The average Bonchev–Trinajstić information content (AvgIpc) is 3.13. The summed E-state index contributed by atoms with van der Waals surface area (Å²) in [5.74, 6) is 0.970. The predicted octanol–water partition coefficient (Wildman–Crippen LogP) is 2.22. The van der Waals surface area contributed by atoms with Crippen LogP contribution in [0.2, 0.25) is 0 Å². The maximum Gasteiger partial charge on any atom is 0.287 e. The number of fused-ring (bicyclic) bond motifs is 1. The smallest absolute Gasteiger partial charge is 0.287 e. The van der Waals surface area contributed by atoms with Crippen molar-refractivity contribution < 1.29 is 18.7 Å². The van der Waals surface area contributed by atoms with Gasteiger partial charge in [0.15, 0.2) is 11.3 Å². The van der Waals surface area contributed by atoms with E-state index in [1.807, 2.05) is 11.0 Å². The van der Waals surface area contributed by atoms with Crippen LogP contribution in [0.3, 0.4) is 0 Å². The molecule has 2 amide bonds. The SMILES string of the molecule is O=C(NCC1CC12CCN(C(=O)C1CCOC1)CC2)c1cc2ccncc2o1. The van der Waals surface area contributed by atoms with Crippen LogP contribution in [0.15, 0.2) is 28.9 Å². The summed E-state index contributed by atoms with van der Waals surface area (Å²) in [7, 11) is 0. The summed E-state index contributed by atoms with van der Waals surface area (Å²) in [5.41, 5.74) is 0.925. The summed E-state index contributed by atoms with van der Waals surface area (Å²) in [6, 6.07) is 3.59. The van der Waals surface area contributed by atoms with Crippen LogP contribution in [0, 0.1) is 17.3 Å². The van der Waals surface area contributed by atoms with Gasteiger partial charge in [0, 0.05) is 37.8 Å². The summed E-state index contributed by atoms with van der Waals surface area (Å²) in [6.07, 6.45) is 7.35. The molecule has 4 heterocycles. The number of carbonyl (C=O) groups excluding carboxylic acids is 2. The Morgan fingerprint density at radius 3 is 2.93 bits per heavy atom. The van der Waals surface area contributed by atoms with Crippen molar-refractivity contribution in [2.45, 2.75) is 25.7 Å². The first-order valence-electron chi connectivity index (χ1n) is 10.1. The van der Waals surface area contributed by atoms with Crippen molar-refractivity contribution >= 4 is 22.8 Å². The fourth-order valence-corrected chi connectivity index (χ4v) is 4.79. The van der Waals surface area contributed by atoms with E-state index >= 15 is 0 Å². The highest BCUT2D eigenvalue weighted by atomic mass is 16.5. The zero-order valence-electron chi connectivity index (χ0n) is 15.9. The normalized spacial score (nSPS) is 25.9.